The Hall–Kier alpha value is -5.46. The molecule has 7 aromatic rings. The summed E-state index contributed by atoms with van der Waals surface area (Å²) in [5.41, 5.74) is 18.7. The number of benzene rings is 7. The molecule has 0 atom stereocenters. The van der Waals surface area contributed by atoms with Gasteiger partial charge in [0.25, 0.3) is 0 Å². The molecule has 7 aromatic carbocycles. The van der Waals surface area contributed by atoms with Crippen molar-refractivity contribution in [3.8, 4) is 66.8 Å². The highest BCUT2D eigenvalue weighted by molar-refractivity contribution is 5.94. The molecule has 0 aromatic heterocycles. The monoisotopic (exact) mass is 702 g/mol. The average Bonchev–Trinajstić information content (AvgIpc) is 3.17. The maximum Gasteiger partial charge on any atom is -0.0102 e. The topological polar surface area (TPSA) is 0 Å². The van der Waals surface area contributed by atoms with Gasteiger partial charge in [-0.05, 0) is 118 Å². The van der Waals surface area contributed by atoms with Crippen LogP contribution in [0.25, 0.3) is 66.8 Å². The van der Waals surface area contributed by atoms with Gasteiger partial charge >= 0.3 is 0 Å². The second-order valence-corrected chi connectivity index (χ2v) is 17.9. The lowest BCUT2D eigenvalue weighted by atomic mass is 9.79. The molecule has 0 N–H and O–H groups in total. The molecular formula is C54H54. The van der Waals surface area contributed by atoms with Gasteiger partial charge in [0.1, 0.15) is 0 Å². The Kier molecular flexibility index (Phi) is 9.84. The highest BCUT2D eigenvalue weighted by Gasteiger charge is 2.23. The summed E-state index contributed by atoms with van der Waals surface area (Å²) in [4.78, 5) is 0. The molecule has 0 heterocycles. The van der Waals surface area contributed by atoms with Crippen LogP contribution >= 0.6 is 0 Å². The first-order chi connectivity index (χ1) is 25.7. The van der Waals surface area contributed by atoms with Crippen LogP contribution < -0.4 is 0 Å². The molecule has 0 amide bonds. The second kappa shape index (κ2) is 14.4. The standard InChI is InChI=1S/C54H54/c1-52(2,3)43-25-28-46(37-19-13-10-14-20-37)49(34-43)40-31-41(50-35-44(53(4,5)6)26-29-47(50)38-21-15-11-16-22-38)33-42(32-40)51-36-45(54(7,8)9)27-30-48(51)39-23-17-12-18-24-39/h10-36H,1-9H3. The van der Waals surface area contributed by atoms with Gasteiger partial charge in [0.2, 0.25) is 0 Å². The number of hydrogen-bond acceptors (Lipinski definition) is 0. The van der Waals surface area contributed by atoms with Crippen molar-refractivity contribution in [3.63, 3.8) is 0 Å². The molecule has 54 heavy (non-hydrogen) atoms. The second-order valence-electron chi connectivity index (χ2n) is 17.9. The van der Waals surface area contributed by atoms with Gasteiger partial charge in [-0.1, -0.05) is 208 Å². The Balaban J connectivity index is 1.61. The zero-order valence-corrected chi connectivity index (χ0v) is 33.6. The maximum atomic E-state index is 2.45. The Morgan fingerprint density at radius 3 is 0.685 bits per heavy atom. The van der Waals surface area contributed by atoms with Crippen molar-refractivity contribution in [2.45, 2.75) is 78.6 Å². The number of hydrogen-bond donors (Lipinski definition) is 0. The Bertz CT molecular complexity index is 2110. The quantitative estimate of drug-likeness (QED) is 0.162. The van der Waals surface area contributed by atoms with Crippen LogP contribution in [0.5, 0.6) is 0 Å². The lowest BCUT2D eigenvalue weighted by Crippen LogP contribution is -2.11. The van der Waals surface area contributed by atoms with Crippen LogP contribution in [0.2, 0.25) is 0 Å². The zero-order chi connectivity index (χ0) is 38.3. The normalized spacial score (nSPS) is 12.2. The Labute approximate surface area is 324 Å². The highest BCUT2D eigenvalue weighted by atomic mass is 14.3. The van der Waals surface area contributed by atoms with Crippen molar-refractivity contribution < 1.29 is 0 Å². The van der Waals surface area contributed by atoms with Crippen LogP contribution in [0.15, 0.2) is 164 Å². The summed E-state index contributed by atoms with van der Waals surface area (Å²) in [6, 6.07) is 61.2. The van der Waals surface area contributed by atoms with Crippen molar-refractivity contribution in [1.29, 1.82) is 0 Å². The third-order valence-electron chi connectivity index (χ3n) is 10.8. The SMILES string of the molecule is CC(C)(C)c1ccc(-c2ccccc2)c(-c2cc(-c3cc(C(C)(C)C)ccc3-c3ccccc3)cc(-c3cc(C(C)(C)C)ccc3-c3ccccc3)c2)c1. The molecule has 0 fully saturated rings. The Morgan fingerprint density at radius 1 is 0.222 bits per heavy atom. The van der Waals surface area contributed by atoms with E-state index in [9.17, 15) is 0 Å². The lowest BCUT2D eigenvalue weighted by molar-refractivity contribution is 0.590. The maximum absolute atomic E-state index is 2.45. The molecule has 0 nitrogen and oxygen atoms in total. The third kappa shape index (κ3) is 7.76. The fraction of sp³-hybridized carbons (Fsp3) is 0.222. The Morgan fingerprint density at radius 2 is 0.463 bits per heavy atom. The first-order valence-corrected chi connectivity index (χ1v) is 19.4. The minimum Gasteiger partial charge on any atom is -0.0622 e. The van der Waals surface area contributed by atoms with E-state index < -0.39 is 0 Å². The van der Waals surface area contributed by atoms with E-state index in [-0.39, 0.29) is 16.2 Å². The summed E-state index contributed by atoms with van der Waals surface area (Å²) in [7, 11) is 0. The third-order valence-corrected chi connectivity index (χ3v) is 10.8. The van der Waals surface area contributed by atoms with Gasteiger partial charge in [-0.3, -0.25) is 0 Å². The minimum atomic E-state index is -0.00650. The summed E-state index contributed by atoms with van der Waals surface area (Å²) in [5.74, 6) is 0. The van der Waals surface area contributed by atoms with Gasteiger partial charge in [-0.2, -0.15) is 0 Å². The average molecular weight is 703 g/mol. The van der Waals surface area contributed by atoms with E-state index in [1.165, 1.54) is 83.5 Å². The summed E-state index contributed by atoms with van der Waals surface area (Å²) in [5, 5.41) is 0. The first-order valence-electron chi connectivity index (χ1n) is 19.4. The molecule has 0 saturated heterocycles. The van der Waals surface area contributed by atoms with E-state index in [0.29, 0.717) is 0 Å². The predicted molar refractivity (Wildman–Crippen MR) is 235 cm³/mol. The lowest BCUT2D eigenvalue weighted by Gasteiger charge is -2.25. The zero-order valence-electron chi connectivity index (χ0n) is 33.6. The molecule has 0 heteroatoms. The largest absolute Gasteiger partial charge is 0.0622 e. The van der Waals surface area contributed by atoms with Crippen molar-refractivity contribution in [2.24, 2.45) is 0 Å². The molecular weight excluding hydrogens is 649 g/mol. The van der Waals surface area contributed by atoms with Crippen molar-refractivity contribution in [3.05, 3.63) is 180 Å². The van der Waals surface area contributed by atoms with E-state index in [2.05, 4.69) is 226 Å². The fourth-order valence-corrected chi connectivity index (χ4v) is 7.45. The molecule has 0 bridgehead atoms. The molecule has 270 valence electrons. The first kappa shape index (κ1) is 36.9. The fourth-order valence-electron chi connectivity index (χ4n) is 7.45. The van der Waals surface area contributed by atoms with Gasteiger partial charge in [0, 0.05) is 0 Å². The van der Waals surface area contributed by atoms with Crippen LogP contribution in [0.4, 0.5) is 0 Å². The molecule has 7 rings (SSSR count). The molecule has 0 radical (unpaired) electrons. The summed E-state index contributed by atoms with van der Waals surface area (Å²) in [6.07, 6.45) is 0. The smallest absolute Gasteiger partial charge is 0.0102 e. The van der Waals surface area contributed by atoms with E-state index in [4.69, 9.17) is 0 Å². The van der Waals surface area contributed by atoms with Crippen molar-refractivity contribution >= 4 is 0 Å². The van der Waals surface area contributed by atoms with E-state index in [1.807, 2.05) is 0 Å². The van der Waals surface area contributed by atoms with Crippen LogP contribution in [0.3, 0.4) is 0 Å². The summed E-state index contributed by atoms with van der Waals surface area (Å²) >= 11 is 0. The molecule has 0 unspecified atom stereocenters. The van der Waals surface area contributed by atoms with E-state index in [1.54, 1.807) is 0 Å². The van der Waals surface area contributed by atoms with Gasteiger partial charge in [-0.25, -0.2) is 0 Å². The molecule has 0 aliphatic heterocycles. The highest BCUT2D eigenvalue weighted by Crippen LogP contribution is 2.45. The van der Waals surface area contributed by atoms with Crippen LogP contribution in [0.1, 0.15) is 79.0 Å². The summed E-state index contributed by atoms with van der Waals surface area (Å²) in [6.45, 7) is 20.8. The molecule has 0 saturated carbocycles. The van der Waals surface area contributed by atoms with Crippen LogP contribution in [-0.2, 0) is 16.2 Å². The van der Waals surface area contributed by atoms with Crippen molar-refractivity contribution in [2.75, 3.05) is 0 Å². The molecule has 0 aliphatic carbocycles. The number of rotatable bonds is 6. The van der Waals surface area contributed by atoms with E-state index in [0.717, 1.165) is 0 Å². The van der Waals surface area contributed by atoms with E-state index >= 15 is 0 Å². The van der Waals surface area contributed by atoms with Crippen LogP contribution in [0, 0.1) is 0 Å². The van der Waals surface area contributed by atoms with Gasteiger partial charge in [-0.15, -0.1) is 0 Å². The van der Waals surface area contributed by atoms with Crippen molar-refractivity contribution in [1.82, 2.24) is 0 Å². The summed E-state index contributed by atoms with van der Waals surface area (Å²) < 4.78 is 0. The van der Waals surface area contributed by atoms with Gasteiger partial charge in [0.05, 0.1) is 0 Å². The minimum absolute atomic E-state index is 0.00650. The van der Waals surface area contributed by atoms with Gasteiger partial charge in [0.15, 0.2) is 0 Å². The predicted octanol–water partition coefficient (Wildman–Crippen LogP) is 15.6. The van der Waals surface area contributed by atoms with Crippen LogP contribution in [-0.4, -0.2) is 0 Å². The molecule has 0 spiro atoms. The van der Waals surface area contributed by atoms with Gasteiger partial charge < -0.3 is 0 Å². The molecule has 0 aliphatic rings.